The highest BCUT2D eigenvalue weighted by molar-refractivity contribution is 5.52. The van der Waals surface area contributed by atoms with Crippen LogP contribution in [0, 0.1) is 28.4 Å². The average Bonchev–Trinajstić information content (AvgIpc) is 2.41. The number of hydrogen-bond acceptors (Lipinski definition) is 6. The van der Waals surface area contributed by atoms with Gasteiger partial charge in [0.2, 0.25) is 11.6 Å². The first-order valence-corrected chi connectivity index (χ1v) is 5.26. The number of aromatic nitrogens is 2. The number of ether oxygens (including phenoxy) is 1. The summed E-state index contributed by atoms with van der Waals surface area (Å²) in [6.45, 7) is 1.69. The van der Waals surface area contributed by atoms with Gasteiger partial charge >= 0.3 is 5.69 Å². The zero-order valence-electron chi connectivity index (χ0n) is 9.90. The van der Waals surface area contributed by atoms with Crippen molar-refractivity contribution in [2.45, 2.75) is 6.92 Å². The Morgan fingerprint density at radius 2 is 2.16 bits per heavy atom. The van der Waals surface area contributed by atoms with Crippen LogP contribution in [0.4, 0.5) is 5.69 Å². The lowest BCUT2D eigenvalue weighted by Gasteiger charge is -2.07. The van der Waals surface area contributed by atoms with E-state index in [4.69, 9.17) is 10.00 Å². The molecule has 0 aliphatic rings. The van der Waals surface area contributed by atoms with Gasteiger partial charge in [-0.2, -0.15) is 5.26 Å². The second-order valence-electron chi connectivity index (χ2n) is 3.63. The van der Waals surface area contributed by atoms with E-state index in [1.54, 1.807) is 19.1 Å². The molecule has 7 nitrogen and oxygen atoms in total. The van der Waals surface area contributed by atoms with Gasteiger partial charge in [0.25, 0.3) is 0 Å². The molecule has 0 saturated carbocycles. The third-order valence-corrected chi connectivity index (χ3v) is 2.34. The van der Waals surface area contributed by atoms with Crippen LogP contribution >= 0.6 is 0 Å². The molecule has 2 rings (SSSR count). The van der Waals surface area contributed by atoms with E-state index in [2.05, 4.69) is 9.97 Å². The third-order valence-electron chi connectivity index (χ3n) is 2.34. The highest BCUT2D eigenvalue weighted by Crippen LogP contribution is 2.33. The Morgan fingerprint density at radius 3 is 2.74 bits per heavy atom. The van der Waals surface area contributed by atoms with Gasteiger partial charge < -0.3 is 4.74 Å². The zero-order valence-corrected chi connectivity index (χ0v) is 9.90. The summed E-state index contributed by atoms with van der Waals surface area (Å²) in [4.78, 5) is 18.0. The van der Waals surface area contributed by atoms with Crippen molar-refractivity contribution >= 4 is 5.69 Å². The summed E-state index contributed by atoms with van der Waals surface area (Å²) in [5, 5.41) is 19.5. The minimum absolute atomic E-state index is 0.0939. The lowest BCUT2D eigenvalue weighted by atomic mass is 10.2. The van der Waals surface area contributed by atoms with Gasteiger partial charge in [-0.1, -0.05) is 12.1 Å². The van der Waals surface area contributed by atoms with Gasteiger partial charge in [-0.25, -0.2) is 9.97 Å². The van der Waals surface area contributed by atoms with Crippen LogP contribution in [0.2, 0.25) is 0 Å². The van der Waals surface area contributed by atoms with E-state index in [1.165, 1.54) is 18.5 Å². The molecule has 0 aliphatic carbocycles. The number of para-hydroxylation sites is 1. The highest BCUT2D eigenvalue weighted by atomic mass is 16.6. The predicted molar refractivity (Wildman–Crippen MR) is 64.7 cm³/mol. The van der Waals surface area contributed by atoms with Crippen LogP contribution in [0.5, 0.6) is 11.6 Å². The maximum atomic E-state index is 10.9. The third kappa shape index (κ3) is 2.63. The molecule has 0 spiro atoms. The molecule has 1 aromatic carbocycles. The molecule has 19 heavy (non-hydrogen) atoms. The number of nitrogens with zero attached hydrogens (tertiary/aromatic N) is 4. The van der Waals surface area contributed by atoms with Crippen LogP contribution in [-0.4, -0.2) is 14.9 Å². The van der Waals surface area contributed by atoms with E-state index < -0.39 is 4.92 Å². The second-order valence-corrected chi connectivity index (χ2v) is 3.63. The van der Waals surface area contributed by atoms with Crippen LogP contribution in [-0.2, 0) is 0 Å². The smallest absolute Gasteiger partial charge is 0.311 e. The van der Waals surface area contributed by atoms with Crippen molar-refractivity contribution in [3.8, 4) is 17.7 Å². The first kappa shape index (κ1) is 12.4. The van der Waals surface area contributed by atoms with Gasteiger partial charge in [0.1, 0.15) is 6.07 Å². The van der Waals surface area contributed by atoms with Gasteiger partial charge in [0.05, 0.1) is 17.3 Å². The molecule has 2 aromatic rings. The quantitative estimate of drug-likeness (QED) is 0.617. The van der Waals surface area contributed by atoms with E-state index >= 15 is 0 Å². The monoisotopic (exact) mass is 256 g/mol. The molecule has 7 heteroatoms. The molecular weight excluding hydrogens is 248 g/mol. The van der Waals surface area contributed by atoms with Gasteiger partial charge in [0.15, 0.2) is 5.69 Å². The number of rotatable bonds is 3. The Labute approximate surface area is 108 Å². The molecule has 0 bridgehead atoms. The molecule has 0 N–H and O–H groups in total. The van der Waals surface area contributed by atoms with Gasteiger partial charge in [-0.05, 0) is 12.5 Å². The largest absolute Gasteiger partial charge is 0.430 e. The number of hydrogen-bond donors (Lipinski definition) is 0. The Balaban J connectivity index is 2.37. The van der Waals surface area contributed by atoms with E-state index in [-0.39, 0.29) is 23.0 Å². The molecule has 0 saturated heterocycles. The van der Waals surface area contributed by atoms with E-state index in [0.717, 1.165) is 0 Å². The van der Waals surface area contributed by atoms with Crippen molar-refractivity contribution in [1.82, 2.24) is 9.97 Å². The summed E-state index contributed by atoms with van der Waals surface area (Å²) < 4.78 is 5.38. The normalized spacial score (nSPS) is 9.68. The maximum absolute atomic E-state index is 10.9. The lowest BCUT2D eigenvalue weighted by Crippen LogP contribution is -1.97. The number of nitro groups is 1. The molecule has 0 radical (unpaired) electrons. The maximum Gasteiger partial charge on any atom is 0.311 e. The standard InChI is InChI=1S/C12H8N4O3/c1-8-3-2-4-10(16(17)18)12(8)19-11-7-14-9(5-13)6-15-11/h2-4,6-7H,1H3. The van der Waals surface area contributed by atoms with Crippen molar-refractivity contribution in [1.29, 1.82) is 5.26 Å². The van der Waals surface area contributed by atoms with Crippen molar-refractivity contribution in [2.24, 2.45) is 0 Å². The lowest BCUT2D eigenvalue weighted by molar-refractivity contribution is -0.385. The Hall–Kier alpha value is -3.01. The summed E-state index contributed by atoms with van der Waals surface area (Å²) >= 11 is 0. The number of benzene rings is 1. The van der Waals surface area contributed by atoms with Gasteiger partial charge in [0, 0.05) is 6.07 Å². The van der Waals surface area contributed by atoms with Gasteiger partial charge in [-0.3, -0.25) is 10.1 Å². The van der Waals surface area contributed by atoms with Crippen molar-refractivity contribution < 1.29 is 9.66 Å². The fourth-order valence-corrected chi connectivity index (χ4v) is 1.44. The fraction of sp³-hybridized carbons (Fsp3) is 0.0833. The summed E-state index contributed by atoms with van der Waals surface area (Å²) in [6, 6.07) is 6.44. The molecule has 0 amide bonds. The van der Waals surface area contributed by atoms with Crippen LogP contribution in [0.3, 0.4) is 0 Å². The molecule has 1 aromatic heterocycles. The predicted octanol–water partition coefficient (Wildman–Crippen LogP) is 2.36. The van der Waals surface area contributed by atoms with E-state index in [1.807, 2.05) is 6.07 Å². The van der Waals surface area contributed by atoms with Crippen LogP contribution in [0.15, 0.2) is 30.6 Å². The van der Waals surface area contributed by atoms with Crippen molar-refractivity contribution in [3.63, 3.8) is 0 Å². The zero-order chi connectivity index (χ0) is 13.8. The molecular formula is C12H8N4O3. The number of nitriles is 1. The Kier molecular flexibility index (Phi) is 3.34. The van der Waals surface area contributed by atoms with Gasteiger partial charge in [-0.15, -0.1) is 0 Å². The molecule has 0 unspecified atom stereocenters. The summed E-state index contributed by atoms with van der Waals surface area (Å²) in [6.07, 6.45) is 2.48. The summed E-state index contributed by atoms with van der Waals surface area (Å²) in [7, 11) is 0. The topological polar surface area (TPSA) is 102 Å². The molecule has 1 heterocycles. The Morgan fingerprint density at radius 1 is 1.37 bits per heavy atom. The first-order chi connectivity index (χ1) is 9.11. The molecule has 0 aliphatic heterocycles. The molecule has 0 fully saturated rings. The molecule has 94 valence electrons. The van der Waals surface area contributed by atoms with Crippen LogP contribution in [0.25, 0.3) is 0 Å². The van der Waals surface area contributed by atoms with Crippen LogP contribution in [0.1, 0.15) is 11.3 Å². The minimum Gasteiger partial charge on any atom is -0.430 e. The fourth-order valence-electron chi connectivity index (χ4n) is 1.44. The summed E-state index contributed by atoms with van der Waals surface area (Å²) in [5.74, 6) is 0.211. The number of nitro benzene ring substituents is 1. The first-order valence-electron chi connectivity index (χ1n) is 5.26. The average molecular weight is 256 g/mol. The van der Waals surface area contributed by atoms with E-state index in [9.17, 15) is 10.1 Å². The van der Waals surface area contributed by atoms with Crippen molar-refractivity contribution in [3.05, 3.63) is 52.0 Å². The number of aryl methyl sites for hydroxylation is 1. The van der Waals surface area contributed by atoms with Crippen LogP contribution < -0.4 is 4.74 Å². The highest BCUT2D eigenvalue weighted by Gasteiger charge is 2.18. The molecule has 0 atom stereocenters. The SMILES string of the molecule is Cc1cccc([N+](=O)[O-])c1Oc1cnc(C#N)cn1. The second kappa shape index (κ2) is 5.10. The Bertz CT molecular complexity index is 662. The van der Waals surface area contributed by atoms with E-state index in [0.29, 0.717) is 5.56 Å². The van der Waals surface area contributed by atoms with Crippen molar-refractivity contribution in [2.75, 3.05) is 0 Å². The minimum atomic E-state index is -0.528. The summed E-state index contributed by atoms with van der Waals surface area (Å²) in [5.41, 5.74) is 0.609.